The van der Waals surface area contributed by atoms with Gasteiger partial charge in [-0.25, -0.2) is 0 Å². The highest BCUT2D eigenvalue weighted by Gasteiger charge is 2.48. The summed E-state index contributed by atoms with van der Waals surface area (Å²) in [4.78, 5) is 22.9. The first-order valence-electron chi connectivity index (χ1n) is 6.95. The molecule has 0 aromatic heterocycles. The summed E-state index contributed by atoms with van der Waals surface area (Å²) in [5.41, 5.74) is 1.30. The summed E-state index contributed by atoms with van der Waals surface area (Å²) in [5, 5.41) is 0. The van der Waals surface area contributed by atoms with Crippen LogP contribution in [0, 0.1) is 17.3 Å². The van der Waals surface area contributed by atoms with E-state index in [1.165, 1.54) is 5.56 Å². The lowest BCUT2D eigenvalue weighted by Crippen LogP contribution is -2.34. The van der Waals surface area contributed by atoms with E-state index in [4.69, 9.17) is 0 Å². The fourth-order valence-electron chi connectivity index (χ4n) is 3.77. The number of carbonyl (C=O) groups excluding carboxylic acids is 2. The maximum Gasteiger partial charge on any atom is 0.155 e. The van der Waals surface area contributed by atoms with Crippen LogP contribution in [0.25, 0.3) is 0 Å². The van der Waals surface area contributed by atoms with Gasteiger partial charge in [0, 0.05) is 12.3 Å². The molecule has 0 bridgehead atoms. The van der Waals surface area contributed by atoms with Crippen molar-refractivity contribution in [3.63, 3.8) is 0 Å². The van der Waals surface area contributed by atoms with Crippen LogP contribution in [0.4, 0.5) is 0 Å². The van der Waals surface area contributed by atoms with Crippen LogP contribution in [0.2, 0.25) is 0 Å². The highest BCUT2D eigenvalue weighted by Crippen LogP contribution is 2.52. The molecule has 3 rings (SSSR count). The molecule has 0 radical (unpaired) electrons. The Labute approximate surface area is 113 Å². The molecule has 19 heavy (non-hydrogen) atoms. The molecule has 2 aliphatic carbocycles. The largest absolute Gasteiger partial charge is 0.303 e. The number of allylic oxidation sites excluding steroid dienone is 2. The Bertz CT molecular complexity index is 517. The van der Waals surface area contributed by atoms with Crippen LogP contribution in [0.5, 0.6) is 0 Å². The molecule has 0 spiro atoms. The molecule has 2 heteroatoms. The minimum absolute atomic E-state index is 0.0147. The van der Waals surface area contributed by atoms with Gasteiger partial charge in [-0.3, -0.25) is 4.79 Å². The lowest BCUT2D eigenvalue weighted by Gasteiger charge is -2.36. The second-order valence-electron chi connectivity index (χ2n) is 5.84. The molecular formula is C17H18O2. The number of rotatable bonds is 3. The van der Waals surface area contributed by atoms with E-state index < -0.39 is 0 Å². The SMILES string of the molecule is O=C[C@H]1CC[C@]2(Cc3ccccc3)C=CC(=O)C[C@H]12. The summed E-state index contributed by atoms with van der Waals surface area (Å²) in [7, 11) is 0. The Kier molecular flexibility index (Phi) is 3.09. The molecule has 0 amide bonds. The van der Waals surface area contributed by atoms with Crippen LogP contribution < -0.4 is 0 Å². The van der Waals surface area contributed by atoms with Crippen LogP contribution >= 0.6 is 0 Å². The standard InChI is InChI=1S/C17H18O2/c18-12-14-6-8-17(9-7-15(19)10-16(14)17)11-13-4-2-1-3-5-13/h1-5,7,9,12,14,16H,6,8,10-11H2/t14-,16-,17-/m1/s1. The monoisotopic (exact) mass is 254 g/mol. The van der Waals surface area contributed by atoms with Crippen molar-refractivity contribution >= 4 is 12.1 Å². The molecule has 98 valence electrons. The van der Waals surface area contributed by atoms with Crippen molar-refractivity contribution in [3.8, 4) is 0 Å². The number of benzene rings is 1. The van der Waals surface area contributed by atoms with Crippen LogP contribution in [-0.4, -0.2) is 12.1 Å². The van der Waals surface area contributed by atoms with Crippen molar-refractivity contribution in [2.45, 2.75) is 25.7 Å². The first-order valence-corrected chi connectivity index (χ1v) is 6.95. The second-order valence-corrected chi connectivity index (χ2v) is 5.84. The maximum absolute atomic E-state index is 11.7. The van der Waals surface area contributed by atoms with E-state index in [0.717, 1.165) is 25.5 Å². The number of fused-ring (bicyclic) bond motifs is 1. The zero-order valence-electron chi connectivity index (χ0n) is 10.9. The third-order valence-corrected chi connectivity index (χ3v) is 4.77. The van der Waals surface area contributed by atoms with E-state index >= 15 is 0 Å². The van der Waals surface area contributed by atoms with Crippen molar-refractivity contribution in [1.82, 2.24) is 0 Å². The van der Waals surface area contributed by atoms with Crippen LogP contribution in [0.15, 0.2) is 42.5 Å². The maximum atomic E-state index is 11.7. The smallest absolute Gasteiger partial charge is 0.155 e. The molecule has 0 heterocycles. The van der Waals surface area contributed by atoms with Crippen molar-refractivity contribution in [3.05, 3.63) is 48.0 Å². The zero-order chi connectivity index (χ0) is 13.3. The Morgan fingerprint density at radius 1 is 1.26 bits per heavy atom. The van der Waals surface area contributed by atoms with Crippen molar-refractivity contribution in [1.29, 1.82) is 0 Å². The number of hydrogen-bond donors (Lipinski definition) is 0. The highest BCUT2D eigenvalue weighted by molar-refractivity contribution is 5.91. The van der Waals surface area contributed by atoms with Gasteiger partial charge in [-0.1, -0.05) is 36.4 Å². The number of carbonyl (C=O) groups is 2. The van der Waals surface area contributed by atoms with Crippen LogP contribution in [0.1, 0.15) is 24.8 Å². The minimum atomic E-state index is 0.0147. The van der Waals surface area contributed by atoms with Crippen molar-refractivity contribution in [2.75, 3.05) is 0 Å². The average molecular weight is 254 g/mol. The van der Waals surface area contributed by atoms with Crippen LogP contribution in [-0.2, 0) is 16.0 Å². The van der Waals surface area contributed by atoms with Gasteiger partial charge in [0.15, 0.2) is 5.78 Å². The van der Waals surface area contributed by atoms with E-state index in [9.17, 15) is 9.59 Å². The highest BCUT2D eigenvalue weighted by atomic mass is 16.1. The molecule has 1 saturated carbocycles. The van der Waals surface area contributed by atoms with Gasteiger partial charge in [0.05, 0.1) is 0 Å². The average Bonchev–Trinajstić information content (AvgIpc) is 2.78. The van der Waals surface area contributed by atoms with E-state index in [1.807, 2.05) is 18.2 Å². The van der Waals surface area contributed by atoms with Gasteiger partial charge in [-0.15, -0.1) is 0 Å². The number of aldehydes is 1. The lowest BCUT2D eigenvalue weighted by molar-refractivity contribution is -0.118. The van der Waals surface area contributed by atoms with E-state index in [1.54, 1.807) is 6.08 Å². The first-order chi connectivity index (χ1) is 9.23. The van der Waals surface area contributed by atoms with Crippen LogP contribution in [0.3, 0.4) is 0 Å². The number of ketones is 1. The zero-order valence-corrected chi connectivity index (χ0v) is 10.9. The van der Waals surface area contributed by atoms with E-state index in [0.29, 0.717) is 6.42 Å². The summed E-state index contributed by atoms with van der Waals surface area (Å²) in [6, 6.07) is 10.4. The summed E-state index contributed by atoms with van der Waals surface area (Å²) < 4.78 is 0. The molecule has 0 aliphatic heterocycles. The molecule has 2 aliphatic rings. The van der Waals surface area contributed by atoms with Gasteiger partial charge in [0.1, 0.15) is 6.29 Å². The molecule has 0 unspecified atom stereocenters. The molecule has 0 N–H and O–H groups in total. The molecule has 0 saturated heterocycles. The van der Waals surface area contributed by atoms with Gasteiger partial charge < -0.3 is 4.79 Å². The Morgan fingerprint density at radius 3 is 2.79 bits per heavy atom. The topological polar surface area (TPSA) is 34.1 Å². The predicted octanol–water partition coefficient (Wildman–Crippen LogP) is 2.97. The normalized spacial score (nSPS) is 33.2. The molecule has 2 nitrogen and oxygen atoms in total. The Morgan fingerprint density at radius 2 is 2.05 bits per heavy atom. The van der Waals surface area contributed by atoms with Gasteiger partial charge in [-0.2, -0.15) is 0 Å². The second kappa shape index (κ2) is 4.76. The fraction of sp³-hybridized carbons (Fsp3) is 0.412. The third-order valence-electron chi connectivity index (χ3n) is 4.77. The number of hydrogen-bond acceptors (Lipinski definition) is 2. The molecule has 1 aromatic rings. The quantitative estimate of drug-likeness (QED) is 0.777. The van der Waals surface area contributed by atoms with E-state index in [-0.39, 0.29) is 23.0 Å². The fourth-order valence-corrected chi connectivity index (χ4v) is 3.77. The van der Waals surface area contributed by atoms with Crippen molar-refractivity contribution in [2.24, 2.45) is 17.3 Å². The third kappa shape index (κ3) is 2.16. The Hall–Kier alpha value is -1.70. The molecule has 3 atom stereocenters. The molecular weight excluding hydrogens is 236 g/mol. The molecule has 1 aromatic carbocycles. The summed E-state index contributed by atoms with van der Waals surface area (Å²) in [5.74, 6) is 0.419. The van der Waals surface area contributed by atoms with Gasteiger partial charge in [0.2, 0.25) is 0 Å². The van der Waals surface area contributed by atoms with Gasteiger partial charge in [-0.05, 0) is 42.2 Å². The Balaban J connectivity index is 1.93. The van der Waals surface area contributed by atoms with Gasteiger partial charge >= 0.3 is 0 Å². The van der Waals surface area contributed by atoms with Gasteiger partial charge in [0.25, 0.3) is 0 Å². The summed E-state index contributed by atoms with van der Waals surface area (Å²) in [6.45, 7) is 0. The first kappa shape index (κ1) is 12.3. The predicted molar refractivity (Wildman–Crippen MR) is 73.6 cm³/mol. The summed E-state index contributed by atoms with van der Waals surface area (Å²) >= 11 is 0. The molecule has 1 fully saturated rings. The van der Waals surface area contributed by atoms with E-state index in [2.05, 4.69) is 18.2 Å². The summed E-state index contributed by atoms with van der Waals surface area (Å²) in [6.07, 6.45) is 8.27. The minimum Gasteiger partial charge on any atom is -0.303 e. The van der Waals surface area contributed by atoms with Crippen molar-refractivity contribution < 1.29 is 9.59 Å². The lowest BCUT2D eigenvalue weighted by atomic mass is 9.67.